The molecule has 0 aromatic heterocycles. The van der Waals surface area contributed by atoms with Crippen LogP contribution in [0.1, 0.15) is 25.5 Å². The lowest BCUT2D eigenvalue weighted by molar-refractivity contribution is -0.149. The second-order valence-corrected chi connectivity index (χ2v) is 7.01. The molecule has 4 atom stereocenters. The van der Waals surface area contributed by atoms with Crippen LogP contribution in [0.15, 0.2) is 66.7 Å². The third kappa shape index (κ3) is 5.26. The van der Waals surface area contributed by atoms with E-state index in [0.29, 0.717) is 23.7 Å². The Labute approximate surface area is 175 Å². The Hall–Kier alpha value is -3.59. The average Bonchev–Trinajstić information content (AvgIpc) is 3.41. The third-order valence-electron chi connectivity index (χ3n) is 4.95. The lowest BCUT2D eigenvalue weighted by Crippen LogP contribution is -2.13. The smallest absolute Gasteiger partial charge is 0.330 e. The molecule has 1 unspecified atom stereocenters. The third-order valence-corrected chi connectivity index (χ3v) is 4.95. The fraction of sp³-hybridized carbons (Fsp3) is 0.292. The predicted molar refractivity (Wildman–Crippen MR) is 109 cm³/mol. The number of esters is 2. The molecule has 3 rings (SSSR count). The van der Waals surface area contributed by atoms with Crippen LogP contribution in [0.2, 0.25) is 0 Å². The van der Waals surface area contributed by atoms with Crippen LogP contribution in [-0.4, -0.2) is 18.5 Å². The zero-order chi connectivity index (χ0) is 21.5. The van der Waals surface area contributed by atoms with Gasteiger partial charge in [0, 0.05) is 11.6 Å². The van der Waals surface area contributed by atoms with Gasteiger partial charge in [-0.3, -0.25) is 4.79 Å². The Kier molecular flexibility index (Phi) is 6.87. The molecule has 2 aromatic rings. The minimum atomic E-state index is -1.04. The Bertz CT molecular complexity index is 963. The van der Waals surface area contributed by atoms with E-state index in [2.05, 4.69) is 0 Å². The average molecular weight is 405 g/mol. The molecule has 6 nitrogen and oxygen atoms in total. The van der Waals surface area contributed by atoms with Crippen molar-refractivity contribution in [2.45, 2.75) is 20.0 Å². The quantitative estimate of drug-likeness (QED) is 0.472. The van der Waals surface area contributed by atoms with Gasteiger partial charge < -0.3 is 14.2 Å². The first-order valence-corrected chi connectivity index (χ1v) is 9.81. The molecule has 0 spiro atoms. The first kappa shape index (κ1) is 21.1. The molecule has 0 saturated heterocycles. The van der Waals surface area contributed by atoms with Crippen LogP contribution in [0.3, 0.4) is 0 Å². The summed E-state index contributed by atoms with van der Waals surface area (Å²) in [5, 5.41) is 9.53. The monoisotopic (exact) mass is 405 g/mol. The number of hydrogen-bond acceptors (Lipinski definition) is 6. The standard InChI is InChI=1S/C24H23NO5/c1-3-28-22(26)13-12-20-16(2)23(20)24(27)30-21(15-25)17-8-7-11-19(14-17)29-18-9-5-4-6-10-18/h4-14,16,20-21,23H,3H2,1-2H3/t16?,20-,21-,23+/m1/s1. The first-order valence-electron chi connectivity index (χ1n) is 9.81. The van der Waals surface area contributed by atoms with Crippen molar-refractivity contribution in [1.82, 2.24) is 0 Å². The second-order valence-electron chi connectivity index (χ2n) is 7.01. The van der Waals surface area contributed by atoms with Gasteiger partial charge in [0.1, 0.15) is 17.6 Å². The van der Waals surface area contributed by atoms with Crippen LogP contribution in [-0.2, 0) is 19.1 Å². The van der Waals surface area contributed by atoms with Gasteiger partial charge in [-0.25, -0.2) is 4.79 Å². The van der Waals surface area contributed by atoms with Gasteiger partial charge >= 0.3 is 11.9 Å². The molecule has 1 aliphatic rings. The van der Waals surface area contributed by atoms with Gasteiger partial charge in [-0.1, -0.05) is 43.3 Å². The molecule has 0 bridgehead atoms. The molecule has 30 heavy (non-hydrogen) atoms. The molecule has 1 aliphatic carbocycles. The van der Waals surface area contributed by atoms with Gasteiger partial charge in [-0.2, -0.15) is 5.26 Å². The highest BCUT2D eigenvalue weighted by Gasteiger charge is 2.51. The van der Waals surface area contributed by atoms with Crippen molar-refractivity contribution in [3.63, 3.8) is 0 Å². The summed E-state index contributed by atoms with van der Waals surface area (Å²) in [4.78, 5) is 24.0. The fourth-order valence-electron chi connectivity index (χ4n) is 3.27. The van der Waals surface area contributed by atoms with Gasteiger partial charge in [0.05, 0.1) is 12.5 Å². The van der Waals surface area contributed by atoms with E-state index in [-0.39, 0.29) is 17.8 Å². The summed E-state index contributed by atoms with van der Waals surface area (Å²) in [6.07, 6.45) is 1.97. The molecule has 0 heterocycles. The molecule has 0 radical (unpaired) electrons. The van der Waals surface area contributed by atoms with Gasteiger partial charge in [-0.05, 0) is 43.0 Å². The van der Waals surface area contributed by atoms with Gasteiger partial charge in [0.15, 0.2) is 0 Å². The predicted octanol–water partition coefficient (Wildman–Crippen LogP) is 4.59. The number of ether oxygens (including phenoxy) is 3. The van der Waals surface area contributed by atoms with Gasteiger partial charge in [0.2, 0.25) is 6.10 Å². The van der Waals surface area contributed by atoms with Crippen LogP contribution >= 0.6 is 0 Å². The molecule has 1 saturated carbocycles. The van der Waals surface area contributed by atoms with Crippen LogP contribution in [0.5, 0.6) is 11.5 Å². The minimum Gasteiger partial charge on any atom is -0.463 e. The number of rotatable bonds is 8. The summed E-state index contributed by atoms with van der Waals surface area (Å²) in [6.45, 7) is 3.93. The highest BCUT2D eigenvalue weighted by molar-refractivity contribution is 5.83. The summed E-state index contributed by atoms with van der Waals surface area (Å²) < 4.78 is 16.1. The summed E-state index contributed by atoms with van der Waals surface area (Å²) in [5.74, 6) is -0.122. The Morgan fingerprint density at radius 3 is 2.57 bits per heavy atom. The first-order chi connectivity index (χ1) is 14.5. The zero-order valence-corrected chi connectivity index (χ0v) is 16.9. The SMILES string of the molecule is CCOC(=O)C=C[C@@H]1C(C)[C@@H]1C(=O)O[C@H](C#N)c1cccc(Oc2ccccc2)c1. The van der Waals surface area contributed by atoms with Crippen molar-refractivity contribution in [2.75, 3.05) is 6.61 Å². The maximum atomic E-state index is 12.6. The van der Waals surface area contributed by atoms with E-state index in [1.54, 1.807) is 37.3 Å². The Morgan fingerprint density at radius 2 is 1.87 bits per heavy atom. The number of allylic oxidation sites excluding steroid dienone is 1. The van der Waals surface area contributed by atoms with Crippen molar-refractivity contribution in [3.05, 3.63) is 72.3 Å². The van der Waals surface area contributed by atoms with Crippen molar-refractivity contribution in [1.29, 1.82) is 5.26 Å². The normalized spacial score (nSPS) is 20.8. The topological polar surface area (TPSA) is 85.6 Å². The van der Waals surface area contributed by atoms with E-state index in [4.69, 9.17) is 14.2 Å². The largest absolute Gasteiger partial charge is 0.463 e. The lowest BCUT2D eigenvalue weighted by atomic mass is 10.1. The number of para-hydroxylation sites is 1. The Balaban J connectivity index is 1.63. The highest BCUT2D eigenvalue weighted by atomic mass is 16.5. The van der Waals surface area contributed by atoms with E-state index in [1.165, 1.54) is 6.08 Å². The molecule has 6 heteroatoms. The van der Waals surface area contributed by atoms with E-state index in [0.717, 1.165) is 0 Å². The number of carbonyl (C=O) groups is 2. The van der Waals surface area contributed by atoms with E-state index < -0.39 is 18.0 Å². The van der Waals surface area contributed by atoms with Gasteiger partial charge in [-0.15, -0.1) is 0 Å². The van der Waals surface area contributed by atoms with Crippen molar-refractivity contribution >= 4 is 11.9 Å². The van der Waals surface area contributed by atoms with Crippen LogP contribution in [0.4, 0.5) is 0 Å². The highest BCUT2D eigenvalue weighted by Crippen LogP contribution is 2.48. The number of nitriles is 1. The van der Waals surface area contributed by atoms with E-state index >= 15 is 0 Å². The van der Waals surface area contributed by atoms with Crippen molar-refractivity contribution in [3.8, 4) is 17.6 Å². The van der Waals surface area contributed by atoms with E-state index in [9.17, 15) is 14.9 Å². The summed E-state index contributed by atoms with van der Waals surface area (Å²) in [7, 11) is 0. The number of benzene rings is 2. The Morgan fingerprint density at radius 1 is 1.13 bits per heavy atom. The van der Waals surface area contributed by atoms with Crippen molar-refractivity contribution in [2.24, 2.45) is 17.8 Å². The number of nitrogens with zero attached hydrogens (tertiary/aromatic N) is 1. The minimum absolute atomic E-state index is 0.0373. The molecule has 1 fully saturated rings. The van der Waals surface area contributed by atoms with Crippen molar-refractivity contribution < 1.29 is 23.8 Å². The second kappa shape index (κ2) is 9.75. The van der Waals surface area contributed by atoms with Crippen LogP contribution < -0.4 is 4.74 Å². The molecule has 0 aliphatic heterocycles. The van der Waals surface area contributed by atoms with Gasteiger partial charge in [0.25, 0.3) is 0 Å². The molecular weight excluding hydrogens is 382 g/mol. The summed E-state index contributed by atoms with van der Waals surface area (Å²) >= 11 is 0. The van der Waals surface area contributed by atoms with E-state index in [1.807, 2.05) is 43.3 Å². The fourth-order valence-corrected chi connectivity index (χ4v) is 3.27. The summed E-state index contributed by atoms with van der Waals surface area (Å²) in [6, 6.07) is 18.2. The molecule has 0 amide bonds. The lowest BCUT2D eigenvalue weighted by Gasteiger charge is -2.13. The molecule has 0 N–H and O–H groups in total. The maximum absolute atomic E-state index is 12.6. The number of carbonyl (C=O) groups excluding carboxylic acids is 2. The summed E-state index contributed by atoms with van der Waals surface area (Å²) in [5.41, 5.74) is 0.534. The zero-order valence-electron chi connectivity index (χ0n) is 16.9. The molecule has 154 valence electrons. The maximum Gasteiger partial charge on any atom is 0.330 e. The molecular formula is C24H23NO5. The molecule has 2 aromatic carbocycles. The van der Waals surface area contributed by atoms with Crippen LogP contribution in [0, 0.1) is 29.1 Å². The number of hydrogen-bond donors (Lipinski definition) is 0. The van der Waals surface area contributed by atoms with Crippen LogP contribution in [0.25, 0.3) is 0 Å².